The zero-order chi connectivity index (χ0) is 27.4. The SMILES string of the molecule is CC(C)(C)[C@@H](CO[SiH](c1ccccc1)c1ccccc1)[C@H](c1cc(F)c(F)c(F)c1)N1CCOC(=O)C1=O. The quantitative estimate of drug-likeness (QED) is 0.189. The highest BCUT2D eigenvalue weighted by molar-refractivity contribution is 6.80. The van der Waals surface area contributed by atoms with Crippen molar-refractivity contribution in [2.75, 3.05) is 19.8 Å². The summed E-state index contributed by atoms with van der Waals surface area (Å²) in [5.41, 5.74) is -0.509. The minimum Gasteiger partial charge on any atom is -0.457 e. The Bertz CT molecular complexity index is 1220. The molecule has 0 saturated carbocycles. The maximum absolute atomic E-state index is 14.4. The van der Waals surface area contributed by atoms with E-state index >= 15 is 0 Å². The van der Waals surface area contributed by atoms with Crippen molar-refractivity contribution >= 4 is 31.3 Å². The van der Waals surface area contributed by atoms with Gasteiger partial charge >= 0.3 is 11.9 Å². The number of morpholine rings is 1. The summed E-state index contributed by atoms with van der Waals surface area (Å²) in [6, 6.07) is 20.4. The summed E-state index contributed by atoms with van der Waals surface area (Å²) < 4.78 is 54.3. The van der Waals surface area contributed by atoms with Gasteiger partial charge in [-0.05, 0) is 33.5 Å². The van der Waals surface area contributed by atoms with Crippen molar-refractivity contribution in [1.29, 1.82) is 0 Å². The Morgan fingerprint density at radius 2 is 1.45 bits per heavy atom. The predicted octanol–water partition coefficient (Wildman–Crippen LogP) is 3.75. The second kappa shape index (κ2) is 11.5. The van der Waals surface area contributed by atoms with Gasteiger partial charge in [-0.3, -0.25) is 4.79 Å². The molecule has 0 bridgehead atoms. The summed E-state index contributed by atoms with van der Waals surface area (Å²) in [4.78, 5) is 26.4. The minimum absolute atomic E-state index is 0.0284. The molecule has 0 radical (unpaired) electrons. The number of rotatable bonds is 8. The summed E-state index contributed by atoms with van der Waals surface area (Å²) in [5, 5.41) is 2.08. The molecule has 1 heterocycles. The first-order valence-electron chi connectivity index (χ1n) is 12.4. The largest absolute Gasteiger partial charge is 0.457 e. The van der Waals surface area contributed by atoms with E-state index in [-0.39, 0.29) is 25.3 Å². The van der Waals surface area contributed by atoms with Crippen molar-refractivity contribution in [3.05, 3.63) is 95.8 Å². The first-order chi connectivity index (χ1) is 18.1. The molecule has 1 saturated heterocycles. The average molecular weight is 542 g/mol. The van der Waals surface area contributed by atoms with Crippen LogP contribution in [0.1, 0.15) is 32.4 Å². The molecule has 2 atom stereocenters. The Balaban J connectivity index is 1.77. The zero-order valence-corrected chi connectivity index (χ0v) is 22.7. The van der Waals surface area contributed by atoms with Gasteiger partial charge in [-0.1, -0.05) is 81.4 Å². The molecule has 38 heavy (non-hydrogen) atoms. The van der Waals surface area contributed by atoms with E-state index in [4.69, 9.17) is 9.16 Å². The maximum Gasteiger partial charge on any atom is 0.397 e. The van der Waals surface area contributed by atoms with Crippen LogP contribution in [0.25, 0.3) is 0 Å². The Morgan fingerprint density at radius 1 is 0.921 bits per heavy atom. The molecule has 0 N–H and O–H groups in total. The van der Waals surface area contributed by atoms with Crippen molar-refractivity contribution in [3.8, 4) is 0 Å². The van der Waals surface area contributed by atoms with Gasteiger partial charge in [0.15, 0.2) is 17.5 Å². The van der Waals surface area contributed by atoms with Crippen molar-refractivity contribution in [2.45, 2.75) is 26.8 Å². The highest BCUT2D eigenvalue weighted by Crippen LogP contribution is 2.41. The first-order valence-corrected chi connectivity index (χ1v) is 14.0. The fraction of sp³-hybridized carbons (Fsp3) is 0.310. The molecule has 200 valence electrons. The molecule has 0 aromatic heterocycles. The van der Waals surface area contributed by atoms with Crippen LogP contribution < -0.4 is 10.4 Å². The number of ether oxygens (including phenoxy) is 1. The third-order valence-corrected chi connectivity index (χ3v) is 9.33. The molecule has 0 aliphatic carbocycles. The van der Waals surface area contributed by atoms with Crippen LogP contribution in [0.2, 0.25) is 0 Å². The second-order valence-electron chi connectivity index (χ2n) is 10.4. The topological polar surface area (TPSA) is 55.8 Å². The molecule has 1 aliphatic rings. The van der Waals surface area contributed by atoms with Crippen LogP contribution in [0.4, 0.5) is 13.2 Å². The average Bonchev–Trinajstić information content (AvgIpc) is 2.89. The number of hydrogen-bond acceptors (Lipinski definition) is 4. The molecule has 1 fully saturated rings. The molecule has 4 rings (SSSR count). The molecule has 3 aromatic carbocycles. The van der Waals surface area contributed by atoms with Crippen LogP contribution in [0.15, 0.2) is 72.8 Å². The monoisotopic (exact) mass is 541 g/mol. The van der Waals surface area contributed by atoms with Crippen LogP contribution in [0.3, 0.4) is 0 Å². The summed E-state index contributed by atoms with van der Waals surface area (Å²) in [5.74, 6) is -6.82. The number of nitrogens with zero attached hydrogens (tertiary/aromatic N) is 1. The van der Waals surface area contributed by atoms with Gasteiger partial charge in [-0.25, -0.2) is 18.0 Å². The van der Waals surface area contributed by atoms with Crippen molar-refractivity contribution in [3.63, 3.8) is 0 Å². The van der Waals surface area contributed by atoms with Gasteiger partial charge in [0.1, 0.15) is 6.61 Å². The van der Waals surface area contributed by atoms with E-state index in [9.17, 15) is 22.8 Å². The highest BCUT2D eigenvalue weighted by atomic mass is 28.3. The molecule has 3 aromatic rings. The fourth-order valence-electron chi connectivity index (χ4n) is 4.81. The number of carbonyl (C=O) groups excluding carboxylic acids is 2. The molecule has 1 aliphatic heterocycles. The lowest BCUT2D eigenvalue weighted by Gasteiger charge is -2.44. The van der Waals surface area contributed by atoms with E-state index in [2.05, 4.69) is 0 Å². The van der Waals surface area contributed by atoms with E-state index < -0.39 is 55.7 Å². The Kier molecular flexibility index (Phi) is 8.37. The van der Waals surface area contributed by atoms with E-state index in [1.165, 1.54) is 4.90 Å². The predicted molar refractivity (Wildman–Crippen MR) is 140 cm³/mol. The van der Waals surface area contributed by atoms with E-state index in [0.29, 0.717) is 0 Å². The van der Waals surface area contributed by atoms with E-state index in [1.807, 2.05) is 81.4 Å². The first kappa shape index (κ1) is 27.6. The molecule has 1 amide bonds. The smallest absolute Gasteiger partial charge is 0.397 e. The minimum atomic E-state index is -2.22. The fourth-order valence-corrected chi connectivity index (χ4v) is 7.13. The molecular formula is C29H30F3NO4Si. The van der Waals surface area contributed by atoms with Gasteiger partial charge < -0.3 is 14.1 Å². The lowest BCUT2D eigenvalue weighted by Crippen LogP contribution is -2.52. The van der Waals surface area contributed by atoms with Crippen LogP contribution in [-0.2, 0) is 18.8 Å². The van der Waals surface area contributed by atoms with Crippen molar-refractivity contribution in [1.82, 2.24) is 4.90 Å². The summed E-state index contributed by atoms with van der Waals surface area (Å²) in [6.45, 7) is 5.88. The summed E-state index contributed by atoms with van der Waals surface area (Å²) in [6.07, 6.45) is 0. The molecule has 9 heteroatoms. The number of cyclic esters (lactones) is 1. The van der Waals surface area contributed by atoms with Gasteiger partial charge in [0, 0.05) is 12.5 Å². The lowest BCUT2D eigenvalue weighted by molar-refractivity contribution is -0.170. The number of benzene rings is 3. The standard InChI is InChI=1S/C29H30F3NO4Si/c1-29(2,3)22(18-37-38(20-10-6-4-7-11-20)21-12-8-5-9-13-21)26(33-14-15-36-28(35)27(33)34)19-16-23(30)25(32)24(31)17-19/h4-13,16-17,22,26,38H,14-15,18H2,1-3H3/t22-,26-/m0/s1. The molecule has 0 spiro atoms. The van der Waals surface area contributed by atoms with Gasteiger partial charge in [-0.2, -0.15) is 0 Å². The van der Waals surface area contributed by atoms with Crippen LogP contribution in [0, 0.1) is 28.8 Å². The Hall–Kier alpha value is -3.43. The highest BCUT2D eigenvalue weighted by Gasteiger charge is 2.43. The van der Waals surface area contributed by atoms with E-state index in [0.717, 1.165) is 22.5 Å². The van der Waals surface area contributed by atoms with Gasteiger partial charge in [0.25, 0.3) is 0 Å². The van der Waals surface area contributed by atoms with Gasteiger partial charge in [-0.15, -0.1) is 0 Å². The van der Waals surface area contributed by atoms with Gasteiger partial charge in [0.05, 0.1) is 12.6 Å². The summed E-state index contributed by atoms with van der Waals surface area (Å²) in [7, 11) is -2.22. The number of halogens is 3. The normalized spacial score (nSPS) is 15.9. The van der Waals surface area contributed by atoms with Crippen molar-refractivity contribution < 1.29 is 31.9 Å². The van der Waals surface area contributed by atoms with Gasteiger partial charge in [0.2, 0.25) is 9.04 Å². The lowest BCUT2D eigenvalue weighted by atomic mass is 9.74. The molecular weight excluding hydrogens is 511 g/mol. The number of carbonyl (C=O) groups is 2. The third-order valence-electron chi connectivity index (χ3n) is 6.82. The molecule has 5 nitrogen and oxygen atoms in total. The number of esters is 1. The third kappa shape index (κ3) is 6.00. The molecule has 0 unspecified atom stereocenters. The Morgan fingerprint density at radius 3 is 1.95 bits per heavy atom. The zero-order valence-electron chi connectivity index (χ0n) is 21.5. The van der Waals surface area contributed by atoms with Crippen molar-refractivity contribution in [2.24, 2.45) is 11.3 Å². The second-order valence-corrected chi connectivity index (χ2v) is 12.8. The van der Waals surface area contributed by atoms with E-state index in [1.54, 1.807) is 0 Å². The van der Waals surface area contributed by atoms with Crippen LogP contribution in [-0.4, -0.2) is 45.6 Å². The number of amides is 1. The van der Waals surface area contributed by atoms with Crippen LogP contribution in [0.5, 0.6) is 0 Å². The summed E-state index contributed by atoms with van der Waals surface area (Å²) >= 11 is 0. The maximum atomic E-state index is 14.4. The van der Waals surface area contributed by atoms with Crippen LogP contribution >= 0.6 is 0 Å². The Labute approximate surface area is 221 Å². The number of hydrogen-bond donors (Lipinski definition) is 0.